The summed E-state index contributed by atoms with van der Waals surface area (Å²) < 4.78 is 0. The normalized spacial score (nSPS) is 19.3. The molecule has 2 aliphatic rings. The zero-order chi connectivity index (χ0) is 18.0. The second-order valence-electron chi connectivity index (χ2n) is 6.72. The van der Waals surface area contributed by atoms with E-state index in [1.807, 2.05) is 42.5 Å². The van der Waals surface area contributed by atoms with Gasteiger partial charge in [0.15, 0.2) is 0 Å². The van der Waals surface area contributed by atoms with Crippen LogP contribution in [-0.4, -0.2) is 24.5 Å². The van der Waals surface area contributed by atoms with Crippen molar-refractivity contribution in [2.75, 3.05) is 23.7 Å². The van der Waals surface area contributed by atoms with Crippen molar-refractivity contribution in [2.24, 2.45) is 4.99 Å². The summed E-state index contributed by atoms with van der Waals surface area (Å²) in [7, 11) is 0. The van der Waals surface area contributed by atoms with Gasteiger partial charge in [-0.3, -0.25) is 4.99 Å². The lowest BCUT2D eigenvalue weighted by atomic mass is 9.84. The van der Waals surface area contributed by atoms with Gasteiger partial charge in [0.2, 0.25) is 0 Å². The Kier molecular flexibility index (Phi) is 4.54. The summed E-state index contributed by atoms with van der Waals surface area (Å²) in [6.07, 6.45) is 1.82. The molecule has 5 nitrogen and oxygen atoms in total. The van der Waals surface area contributed by atoms with E-state index < -0.39 is 0 Å². The number of aliphatic imine (C=N–C) groups is 1. The fraction of sp³-hybridized carbons (Fsp3) is 0.300. The van der Waals surface area contributed by atoms with E-state index in [0.717, 1.165) is 53.7 Å². The quantitative estimate of drug-likeness (QED) is 0.757. The van der Waals surface area contributed by atoms with Crippen LogP contribution in [0.3, 0.4) is 0 Å². The smallest absolute Gasteiger partial charge is 0.127 e. The maximum atomic E-state index is 9.45. The molecule has 0 amide bonds. The highest BCUT2D eigenvalue weighted by Gasteiger charge is 2.41. The van der Waals surface area contributed by atoms with Crippen molar-refractivity contribution in [3.63, 3.8) is 0 Å². The van der Waals surface area contributed by atoms with Crippen LogP contribution < -0.4 is 16.0 Å². The largest absolute Gasteiger partial charge is 0.370 e. The lowest BCUT2D eigenvalue weighted by Crippen LogP contribution is -2.58. The molecule has 1 saturated heterocycles. The second-order valence-corrected chi connectivity index (χ2v) is 7.15. The number of rotatable bonds is 2. The summed E-state index contributed by atoms with van der Waals surface area (Å²) in [4.78, 5) is 4.90. The molecule has 0 atom stereocenters. The van der Waals surface area contributed by atoms with Gasteiger partial charge in [0.05, 0.1) is 29.0 Å². The van der Waals surface area contributed by atoms with Gasteiger partial charge in [-0.15, -0.1) is 0 Å². The molecule has 6 heteroatoms. The zero-order valence-electron chi connectivity index (χ0n) is 14.3. The van der Waals surface area contributed by atoms with Gasteiger partial charge in [-0.05, 0) is 55.8 Å². The van der Waals surface area contributed by atoms with E-state index in [9.17, 15) is 5.26 Å². The Labute approximate surface area is 158 Å². The van der Waals surface area contributed by atoms with Crippen LogP contribution in [0.1, 0.15) is 24.0 Å². The van der Waals surface area contributed by atoms with Gasteiger partial charge in [-0.1, -0.05) is 29.8 Å². The molecule has 0 aromatic heterocycles. The number of para-hydroxylation sites is 1. The molecule has 2 aliphatic heterocycles. The van der Waals surface area contributed by atoms with Crippen molar-refractivity contribution in [1.29, 1.82) is 5.26 Å². The van der Waals surface area contributed by atoms with Crippen LogP contribution in [0.5, 0.6) is 0 Å². The number of piperidine rings is 1. The van der Waals surface area contributed by atoms with Crippen LogP contribution in [0.25, 0.3) is 0 Å². The molecule has 132 valence electrons. The SMILES string of the molecule is N#Cc1cccc2c1NC1(CCNCC1)C(=NCc1cccc(Cl)c1)N2. The Morgan fingerprint density at radius 3 is 2.73 bits per heavy atom. The van der Waals surface area contributed by atoms with E-state index in [4.69, 9.17) is 16.6 Å². The Bertz CT molecular complexity index is 893. The first-order valence-electron chi connectivity index (χ1n) is 8.79. The summed E-state index contributed by atoms with van der Waals surface area (Å²) >= 11 is 6.09. The lowest BCUT2D eigenvalue weighted by Gasteiger charge is -2.44. The van der Waals surface area contributed by atoms with Crippen LogP contribution in [0.4, 0.5) is 11.4 Å². The van der Waals surface area contributed by atoms with Crippen LogP contribution >= 0.6 is 11.6 Å². The van der Waals surface area contributed by atoms with Crippen LogP contribution in [0, 0.1) is 11.3 Å². The number of fused-ring (bicyclic) bond motifs is 1. The molecule has 0 aliphatic carbocycles. The van der Waals surface area contributed by atoms with Crippen molar-refractivity contribution in [1.82, 2.24) is 5.32 Å². The zero-order valence-corrected chi connectivity index (χ0v) is 15.1. The molecular weight excluding hydrogens is 346 g/mol. The van der Waals surface area contributed by atoms with Crippen LogP contribution in [0.15, 0.2) is 47.5 Å². The molecule has 0 unspecified atom stereocenters. The third-order valence-electron chi connectivity index (χ3n) is 5.02. The van der Waals surface area contributed by atoms with Crippen LogP contribution in [0.2, 0.25) is 5.02 Å². The highest BCUT2D eigenvalue weighted by molar-refractivity contribution is 6.30. The average Bonchev–Trinajstić information content (AvgIpc) is 2.67. The summed E-state index contributed by atoms with van der Waals surface area (Å²) in [5, 5.41) is 20.7. The summed E-state index contributed by atoms with van der Waals surface area (Å²) in [6, 6.07) is 15.8. The number of amidine groups is 1. The average molecular weight is 366 g/mol. The van der Waals surface area contributed by atoms with Gasteiger partial charge in [-0.2, -0.15) is 5.26 Å². The topological polar surface area (TPSA) is 72.2 Å². The number of hydrogen-bond acceptors (Lipinski definition) is 4. The number of hydrogen-bond donors (Lipinski definition) is 3. The van der Waals surface area contributed by atoms with Gasteiger partial charge >= 0.3 is 0 Å². The molecule has 0 radical (unpaired) electrons. The van der Waals surface area contributed by atoms with Gasteiger partial charge < -0.3 is 16.0 Å². The van der Waals surface area contributed by atoms with Crippen molar-refractivity contribution < 1.29 is 0 Å². The minimum Gasteiger partial charge on any atom is -0.370 e. The molecule has 3 N–H and O–H groups in total. The summed E-state index contributed by atoms with van der Waals surface area (Å²) in [5.41, 5.74) is 3.23. The third kappa shape index (κ3) is 3.14. The Morgan fingerprint density at radius 2 is 1.96 bits per heavy atom. The highest BCUT2D eigenvalue weighted by atomic mass is 35.5. The number of halogens is 1. The van der Waals surface area contributed by atoms with Crippen molar-refractivity contribution >= 4 is 28.8 Å². The number of nitrogens with zero attached hydrogens (tertiary/aromatic N) is 2. The van der Waals surface area contributed by atoms with Gasteiger partial charge in [-0.25, -0.2) is 0 Å². The van der Waals surface area contributed by atoms with Crippen molar-refractivity contribution in [2.45, 2.75) is 24.9 Å². The van der Waals surface area contributed by atoms with E-state index in [0.29, 0.717) is 12.1 Å². The fourth-order valence-corrected chi connectivity index (χ4v) is 3.85. The van der Waals surface area contributed by atoms with Crippen LogP contribution in [-0.2, 0) is 6.54 Å². The van der Waals surface area contributed by atoms with Gasteiger partial charge in [0, 0.05) is 5.02 Å². The minimum atomic E-state index is -0.274. The maximum Gasteiger partial charge on any atom is 0.127 e. The predicted molar refractivity (Wildman–Crippen MR) is 106 cm³/mol. The fourth-order valence-electron chi connectivity index (χ4n) is 3.64. The number of nitrogens with one attached hydrogen (secondary N) is 3. The van der Waals surface area contributed by atoms with E-state index in [1.54, 1.807) is 0 Å². The summed E-state index contributed by atoms with van der Waals surface area (Å²) in [6.45, 7) is 2.39. The first-order valence-corrected chi connectivity index (χ1v) is 9.16. The maximum absolute atomic E-state index is 9.45. The molecule has 1 fully saturated rings. The summed E-state index contributed by atoms with van der Waals surface area (Å²) in [5.74, 6) is 0.932. The Balaban J connectivity index is 1.71. The lowest BCUT2D eigenvalue weighted by molar-refractivity contribution is 0.419. The molecule has 26 heavy (non-hydrogen) atoms. The molecule has 2 aromatic rings. The van der Waals surface area contributed by atoms with Crippen molar-refractivity contribution in [3.05, 3.63) is 58.6 Å². The molecule has 1 spiro atoms. The van der Waals surface area contributed by atoms with E-state index in [-0.39, 0.29) is 5.54 Å². The number of anilines is 2. The molecule has 2 heterocycles. The van der Waals surface area contributed by atoms with Gasteiger partial charge in [0.25, 0.3) is 0 Å². The first-order chi connectivity index (χ1) is 12.7. The number of nitriles is 1. The molecule has 0 saturated carbocycles. The highest BCUT2D eigenvalue weighted by Crippen LogP contribution is 2.38. The molecular formula is C20H20ClN5. The van der Waals surface area contributed by atoms with Gasteiger partial charge in [0.1, 0.15) is 11.9 Å². The molecule has 2 aromatic carbocycles. The second kappa shape index (κ2) is 6.99. The Morgan fingerprint density at radius 1 is 1.15 bits per heavy atom. The molecule has 0 bridgehead atoms. The Hall–Kier alpha value is -2.55. The van der Waals surface area contributed by atoms with E-state index in [2.05, 4.69) is 22.0 Å². The standard InChI is InChI=1S/C20H20ClN5/c21-16-5-1-3-14(11-16)13-24-19-20(7-9-23-10-8-20)26-18-15(12-22)4-2-6-17(18)25-19/h1-6,11,23,26H,7-10,13H2,(H,24,25). The first kappa shape index (κ1) is 16.9. The van der Waals surface area contributed by atoms with E-state index in [1.165, 1.54) is 0 Å². The monoisotopic (exact) mass is 365 g/mol. The van der Waals surface area contributed by atoms with E-state index >= 15 is 0 Å². The minimum absolute atomic E-state index is 0.274. The number of benzene rings is 2. The third-order valence-corrected chi connectivity index (χ3v) is 5.26. The molecule has 4 rings (SSSR count). The predicted octanol–water partition coefficient (Wildman–Crippen LogP) is 3.77. The van der Waals surface area contributed by atoms with Crippen molar-refractivity contribution in [3.8, 4) is 6.07 Å².